The van der Waals surface area contributed by atoms with Gasteiger partial charge in [-0.1, -0.05) is 23.2 Å². The zero-order chi connectivity index (χ0) is 33.9. The molecule has 12 heteroatoms. The predicted octanol–water partition coefficient (Wildman–Crippen LogP) is 7.34. The molecule has 252 valence electrons. The Balaban J connectivity index is 0.000000180. The summed E-state index contributed by atoms with van der Waals surface area (Å²) in [4.78, 5) is 47.2. The maximum absolute atomic E-state index is 12.5. The molecule has 0 saturated carbocycles. The minimum atomic E-state index is -1.01. The number of amides is 2. The van der Waals surface area contributed by atoms with Crippen LogP contribution in [0.2, 0.25) is 10.0 Å². The summed E-state index contributed by atoms with van der Waals surface area (Å²) in [6.45, 7) is 11.2. The Labute approximate surface area is 281 Å². The van der Waals surface area contributed by atoms with Crippen LogP contribution in [0.15, 0.2) is 43.0 Å². The summed E-state index contributed by atoms with van der Waals surface area (Å²) in [6, 6.07) is 5.49. The SMILES string of the molecule is CC(C)(C)OC(=O)N1C2CCC1CC(=O)C2.CC(C)(C)OC(=O)N1C2CCC1CC(O)(c1ccncc1Cl)C2.Clc1cccnc1. The van der Waals surface area contributed by atoms with Crippen LogP contribution in [0.4, 0.5) is 9.59 Å². The minimum Gasteiger partial charge on any atom is -0.444 e. The summed E-state index contributed by atoms with van der Waals surface area (Å²) in [6.07, 6.45) is 11.6. The Morgan fingerprint density at radius 3 is 1.70 bits per heavy atom. The minimum absolute atomic E-state index is 0.0159. The number of piperidine rings is 2. The first-order valence-electron chi connectivity index (χ1n) is 15.9. The second-order valence-corrected chi connectivity index (χ2v) is 15.3. The maximum atomic E-state index is 12.5. The number of halogens is 2. The average Bonchev–Trinajstić information content (AvgIpc) is 3.39. The van der Waals surface area contributed by atoms with E-state index in [1.165, 1.54) is 0 Å². The third-order valence-electron chi connectivity index (χ3n) is 8.42. The largest absolute Gasteiger partial charge is 0.444 e. The molecule has 0 spiro atoms. The third kappa shape index (κ3) is 9.32. The topological polar surface area (TPSA) is 122 Å². The number of aliphatic hydroxyl groups is 1. The van der Waals surface area contributed by atoms with E-state index in [0.717, 1.165) is 25.7 Å². The summed E-state index contributed by atoms with van der Waals surface area (Å²) in [5.74, 6) is 0.285. The van der Waals surface area contributed by atoms with E-state index in [0.29, 0.717) is 41.3 Å². The highest BCUT2D eigenvalue weighted by Crippen LogP contribution is 2.47. The first-order chi connectivity index (χ1) is 21.5. The van der Waals surface area contributed by atoms with Crippen molar-refractivity contribution in [2.24, 2.45) is 0 Å². The van der Waals surface area contributed by atoms with E-state index in [1.807, 2.05) is 46.4 Å². The molecule has 4 aliphatic heterocycles. The number of nitrogens with zero attached hydrogens (tertiary/aromatic N) is 4. The Hall–Kier alpha value is -2.95. The third-order valence-corrected chi connectivity index (χ3v) is 8.95. The van der Waals surface area contributed by atoms with Gasteiger partial charge in [0, 0.05) is 80.2 Å². The van der Waals surface area contributed by atoms with Crippen molar-refractivity contribution in [3.63, 3.8) is 0 Å². The van der Waals surface area contributed by atoms with Gasteiger partial charge in [0.2, 0.25) is 0 Å². The monoisotopic (exact) mass is 676 g/mol. The van der Waals surface area contributed by atoms with Crippen LogP contribution in [0.5, 0.6) is 0 Å². The van der Waals surface area contributed by atoms with Crippen molar-refractivity contribution in [2.45, 2.75) is 134 Å². The van der Waals surface area contributed by atoms with Gasteiger partial charge >= 0.3 is 12.2 Å². The van der Waals surface area contributed by atoms with Gasteiger partial charge in [0.1, 0.15) is 17.0 Å². The van der Waals surface area contributed by atoms with Crippen molar-refractivity contribution in [1.82, 2.24) is 19.8 Å². The van der Waals surface area contributed by atoms with Gasteiger partial charge in [-0.25, -0.2) is 9.59 Å². The van der Waals surface area contributed by atoms with Crippen LogP contribution in [0.3, 0.4) is 0 Å². The zero-order valence-corrected chi connectivity index (χ0v) is 29.1. The lowest BCUT2D eigenvalue weighted by Crippen LogP contribution is -2.53. The Kier molecular flexibility index (Phi) is 11.3. The molecule has 4 aliphatic rings. The molecule has 0 aliphatic carbocycles. The second-order valence-electron chi connectivity index (χ2n) is 14.5. The number of aromatic nitrogens is 2. The fourth-order valence-corrected chi connectivity index (χ4v) is 7.16. The number of ether oxygens (including phenoxy) is 2. The van der Waals surface area contributed by atoms with E-state index in [9.17, 15) is 19.5 Å². The highest BCUT2D eigenvalue weighted by molar-refractivity contribution is 6.31. The normalized spacial score (nSPS) is 26.8. The fraction of sp³-hybridized carbons (Fsp3) is 0.618. The molecular weight excluding hydrogens is 631 g/mol. The number of fused-ring (bicyclic) bond motifs is 4. The quantitative estimate of drug-likeness (QED) is 0.333. The molecule has 1 N–H and O–H groups in total. The summed E-state index contributed by atoms with van der Waals surface area (Å²) in [7, 11) is 0. The van der Waals surface area contributed by atoms with Gasteiger partial charge in [0.25, 0.3) is 0 Å². The van der Waals surface area contributed by atoms with E-state index < -0.39 is 16.8 Å². The van der Waals surface area contributed by atoms with Gasteiger partial charge in [-0.3, -0.25) is 14.8 Å². The second kappa shape index (κ2) is 14.4. The van der Waals surface area contributed by atoms with Crippen LogP contribution in [-0.2, 0) is 19.9 Å². The summed E-state index contributed by atoms with van der Waals surface area (Å²) < 4.78 is 10.9. The van der Waals surface area contributed by atoms with Crippen molar-refractivity contribution in [3.05, 3.63) is 58.6 Å². The number of hydrogen-bond donors (Lipinski definition) is 1. The van der Waals surface area contributed by atoms with Crippen molar-refractivity contribution in [2.75, 3.05) is 0 Å². The van der Waals surface area contributed by atoms with Crippen molar-refractivity contribution in [3.8, 4) is 0 Å². The number of pyridine rings is 2. The maximum Gasteiger partial charge on any atom is 0.410 e. The lowest BCUT2D eigenvalue weighted by molar-refractivity contribution is -0.123. The van der Waals surface area contributed by atoms with Gasteiger partial charge in [-0.15, -0.1) is 0 Å². The van der Waals surface area contributed by atoms with Gasteiger partial charge in [0.15, 0.2) is 0 Å². The number of ketones is 1. The van der Waals surface area contributed by atoms with Crippen molar-refractivity contribution in [1.29, 1.82) is 0 Å². The highest BCUT2D eigenvalue weighted by Gasteiger charge is 2.51. The highest BCUT2D eigenvalue weighted by atomic mass is 35.5. The number of rotatable bonds is 1. The molecule has 4 bridgehead atoms. The van der Waals surface area contributed by atoms with Crippen LogP contribution in [0, 0.1) is 0 Å². The summed E-state index contributed by atoms with van der Waals surface area (Å²) in [5.41, 5.74) is -1.28. The molecule has 0 radical (unpaired) electrons. The van der Waals surface area contributed by atoms with E-state index >= 15 is 0 Å². The standard InChI is InChI=1S/C17H23ClN2O3.C12H19NO3.C5H4ClN/c1-16(2,3)23-15(21)20-11-4-5-12(20)9-17(22,8-11)13-6-7-19-10-14(13)18;1-12(2,3)16-11(15)13-8-4-5-9(13)7-10(14)6-8;6-5-2-1-3-7-4-5/h6-7,10-12,22H,4-5,8-9H2,1-3H3;8-9H,4-7H2,1-3H3;1-4H. The van der Waals surface area contributed by atoms with Crippen LogP contribution in [0.25, 0.3) is 0 Å². The molecule has 6 rings (SSSR count). The molecule has 6 heterocycles. The lowest BCUT2D eigenvalue weighted by Gasteiger charge is -2.44. The molecule has 46 heavy (non-hydrogen) atoms. The van der Waals surface area contributed by atoms with Gasteiger partial charge in [-0.2, -0.15) is 0 Å². The van der Waals surface area contributed by atoms with E-state index in [-0.39, 0.29) is 42.1 Å². The van der Waals surface area contributed by atoms with Crippen molar-refractivity contribution < 1.29 is 29.0 Å². The number of Topliss-reactive ketones (excluding diaryl/α,β-unsaturated/α-hetero) is 1. The molecule has 4 fully saturated rings. The summed E-state index contributed by atoms with van der Waals surface area (Å²) >= 11 is 11.7. The zero-order valence-electron chi connectivity index (χ0n) is 27.5. The molecule has 4 unspecified atom stereocenters. The van der Waals surface area contributed by atoms with E-state index in [2.05, 4.69) is 9.97 Å². The number of hydrogen-bond acceptors (Lipinski definition) is 8. The molecule has 2 aromatic heterocycles. The molecule has 4 saturated heterocycles. The van der Waals surface area contributed by atoms with Crippen LogP contribution in [-0.4, -0.2) is 78.2 Å². The molecule has 0 aromatic carbocycles. The molecule has 2 aromatic rings. The Morgan fingerprint density at radius 2 is 1.28 bits per heavy atom. The molecule has 10 nitrogen and oxygen atoms in total. The van der Waals surface area contributed by atoms with Crippen LogP contribution in [0.1, 0.15) is 98.5 Å². The van der Waals surface area contributed by atoms with Crippen molar-refractivity contribution >= 4 is 41.2 Å². The first kappa shape index (κ1) is 35.9. The molecular formula is C34H46Cl2N4O6. The Morgan fingerprint density at radius 1 is 0.804 bits per heavy atom. The summed E-state index contributed by atoms with van der Waals surface area (Å²) in [5, 5.41) is 12.3. The van der Waals surface area contributed by atoms with Crippen LogP contribution >= 0.6 is 23.2 Å². The number of carbonyl (C=O) groups is 3. The Bertz CT molecular complexity index is 1350. The first-order valence-corrected chi connectivity index (χ1v) is 16.6. The fourth-order valence-electron chi connectivity index (χ4n) is 6.74. The lowest BCUT2D eigenvalue weighted by atomic mass is 9.81. The van der Waals surface area contributed by atoms with Gasteiger partial charge < -0.3 is 24.4 Å². The number of carbonyl (C=O) groups excluding carboxylic acids is 3. The van der Waals surface area contributed by atoms with E-state index in [4.69, 9.17) is 32.7 Å². The average molecular weight is 678 g/mol. The van der Waals surface area contributed by atoms with E-state index in [1.54, 1.807) is 47.9 Å². The molecule has 4 atom stereocenters. The van der Waals surface area contributed by atoms with Gasteiger partial charge in [0.05, 0.1) is 15.6 Å². The molecule has 2 amide bonds. The smallest absolute Gasteiger partial charge is 0.410 e. The van der Waals surface area contributed by atoms with Crippen LogP contribution < -0.4 is 0 Å². The van der Waals surface area contributed by atoms with Gasteiger partial charge in [-0.05, 0) is 85.4 Å². The predicted molar refractivity (Wildman–Crippen MR) is 176 cm³/mol.